The third-order valence-electron chi connectivity index (χ3n) is 3.00. The van der Waals surface area contributed by atoms with Gasteiger partial charge in [-0.2, -0.15) is 0 Å². The monoisotopic (exact) mass is 256 g/mol. The number of thiophene rings is 2. The molecule has 0 unspecified atom stereocenters. The van der Waals surface area contributed by atoms with E-state index in [9.17, 15) is 5.11 Å². The van der Waals surface area contributed by atoms with Crippen LogP contribution in [0.5, 0.6) is 5.75 Å². The van der Waals surface area contributed by atoms with Crippen molar-refractivity contribution in [1.82, 2.24) is 0 Å². The van der Waals surface area contributed by atoms with Crippen molar-refractivity contribution >= 4 is 52.2 Å². The maximum absolute atomic E-state index is 9.63. The summed E-state index contributed by atoms with van der Waals surface area (Å²) in [6, 6.07) is 14.1. The van der Waals surface area contributed by atoms with E-state index in [-0.39, 0.29) is 0 Å². The lowest BCUT2D eigenvalue weighted by Gasteiger charge is -1.93. The van der Waals surface area contributed by atoms with Crippen LogP contribution in [0.15, 0.2) is 42.5 Å². The molecule has 0 spiro atoms. The Hall–Kier alpha value is -1.58. The molecule has 0 bridgehead atoms. The van der Waals surface area contributed by atoms with E-state index < -0.39 is 0 Å². The molecule has 2 aromatic heterocycles. The van der Waals surface area contributed by atoms with Crippen LogP contribution in [0.2, 0.25) is 0 Å². The number of benzene rings is 2. The van der Waals surface area contributed by atoms with Gasteiger partial charge in [-0.1, -0.05) is 18.2 Å². The van der Waals surface area contributed by atoms with Gasteiger partial charge >= 0.3 is 0 Å². The van der Waals surface area contributed by atoms with E-state index in [0.717, 1.165) is 0 Å². The number of hydrogen-bond acceptors (Lipinski definition) is 3. The fraction of sp³-hybridized carbons (Fsp3) is 0. The second-order valence-corrected chi connectivity index (χ2v) is 6.41. The van der Waals surface area contributed by atoms with Gasteiger partial charge in [0.25, 0.3) is 0 Å². The molecule has 1 N–H and O–H groups in total. The number of hydrogen-bond donors (Lipinski definition) is 1. The molecular weight excluding hydrogens is 248 g/mol. The van der Waals surface area contributed by atoms with Gasteiger partial charge in [-0.05, 0) is 24.3 Å². The molecule has 0 radical (unpaired) electrons. The Balaban J connectivity index is 2.33. The zero-order valence-corrected chi connectivity index (χ0v) is 10.4. The topological polar surface area (TPSA) is 20.2 Å². The van der Waals surface area contributed by atoms with Crippen LogP contribution in [0.4, 0.5) is 0 Å². The zero-order valence-electron chi connectivity index (χ0n) is 8.81. The van der Waals surface area contributed by atoms with Gasteiger partial charge in [0.1, 0.15) is 5.75 Å². The molecule has 0 fully saturated rings. The minimum atomic E-state index is 0.340. The molecule has 0 saturated heterocycles. The maximum Gasteiger partial charge on any atom is 0.116 e. The van der Waals surface area contributed by atoms with Crippen LogP contribution in [0.25, 0.3) is 29.6 Å². The predicted octanol–water partition coefficient (Wildman–Crippen LogP) is 4.97. The van der Waals surface area contributed by atoms with Gasteiger partial charge in [0.05, 0.1) is 4.01 Å². The van der Waals surface area contributed by atoms with Crippen molar-refractivity contribution in [2.24, 2.45) is 0 Å². The SMILES string of the molecule is Oc1ccc2sc3sc4ccccc4c3c2c1. The molecule has 0 atom stereocenters. The minimum Gasteiger partial charge on any atom is -0.508 e. The van der Waals surface area contributed by atoms with Crippen molar-refractivity contribution < 1.29 is 5.11 Å². The van der Waals surface area contributed by atoms with E-state index >= 15 is 0 Å². The molecule has 0 amide bonds. The third-order valence-corrected chi connectivity index (χ3v) is 5.43. The second-order valence-electron chi connectivity index (χ2n) is 4.04. The van der Waals surface area contributed by atoms with Gasteiger partial charge in [0.15, 0.2) is 0 Å². The van der Waals surface area contributed by atoms with Crippen LogP contribution < -0.4 is 0 Å². The molecule has 17 heavy (non-hydrogen) atoms. The Morgan fingerprint density at radius 3 is 2.47 bits per heavy atom. The maximum atomic E-state index is 9.63. The normalized spacial score (nSPS) is 11.8. The van der Waals surface area contributed by atoms with Crippen LogP contribution in [-0.2, 0) is 0 Å². The van der Waals surface area contributed by atoms with E-state index in [1.165, 1.54) is 29.6 Å². The highest BCUT2D eigenvalue weighted by atomic mass is 32.2. The molecule has 3 heteroatoms. The minimum absolute atomic E-state index is 0.340. The largest absolute Gasteiger partial charge is 0.508 e. The summed E-state index contributed by atoms with van der Waals surface area (Å²) in [5, 5.41) is 13.4. The number of phenols is 1. The van der Waals surface area contributed by atoms with Crippen molar-refractivity contribution in [3.63, 3.8) is 0 Å². The van der Waals surface area contributed by atoms with Gasteiger partial charge in [-0.15, -0.1) is 22.7 Å². The van der Waals surface area contributed by atoms with Crippen LogP contribution >= 0.6 is 22.7 Å². The zero-order chi connectivity index (χ0) is 11.4. The molecule has 82 valence electrons. The fourth-order valence-electron chi connectivity index (χ4n) is 2.25. The lowest BCUT2D eigenvalue weighted by molar-refractivity contribution is 0.476. The summed E-state index contributed by atoms with van der Waals surface area (Å²) in [7, 11) is 0. The number of phenolic OH excluding ortho intramolecular Hbond substituents is 1. The van der Waals surface area contributed by atoms with Crippen molar-refractivity contribution in [2.45, 2.75) is 0 Å². The number of fused-ring (bicyclic) bond motifs is 5. The van der Waals surface area contributed by atoms with Crippen molar-refractivity contribution in [3.05, 3.63) is 42.5 Å². The molecule has 4 rings (SSSR count). The number of rotatable bonds is 0. The Morgan fingerprint density at radius 1 is 0.824 bits per heavy atom. The average molecular weight is 256 g/mol. The number of aromatic hydroxyl groups is 1. The average Bonchev–Trinajstić information content (AvgIpc) is 2.84. The van der Waals surface area contributed by atoms with Crippen molar-refractivity contribution in [3.8, 4) is 5.75 Å². The van der Waals surface area contributed by atoms with Crippen LogP contribution in [0.1, 0.15) is 0 Å². The predicted molar refractivity (Wildman–Crippen MR) is 76.4 cm³/mol. The highest BCUT2D eigenvalue weighted by molar-refractivity contribution is 7.44. The van der Waals surface area contributed by atoms with Gasteiger partial charge in [0.2, 0.25) is 0 Å². The van der Waals surface area contributed by atoms with Gasteiger partial charge in [0, 0.05) is 25.6 Å². The van der Waals surface area contributed by atoms with Gasteiger partial charge < -0.3 is 5.11 Å². The van der Waals surface area contributed by atoms with E-state index in [0.29, 0.717) is 5.75 Å². The standard InChI is InChI=1S/C14H8OS2/c15-8-5-6-12-10(7-8)13-9-3-1-2-4-11(9)16-14(13)17-12/h1-7,15H. The highest BCUT2D eigenvalue weighted by Crippen LogP contribution is 2.44. The lowest BCUT2D eigenvalue weighted by atomic mass is 10.1. The third kappa shape index (κ3) is 1.24. The van der Waals surface area contributed by atoms with Crippen LogP contribution in [0, 0.1) is 0 Å². The van der Waals surface area contributed by atoms with E-state index in [2.05, 4.69) is 24.3 Å². The van der Waals surface area contributed by atoms with Gasteiger partial charge in [-0.25, -0.2) is 0 Å². The Bertz CT molecular complexity index is 854. The summed E-state index contributed by atoms with van der Waals surface area (Å²) in [4.78, 5) is 0. The molecule has 0 aliphatic heterocycles. The van der Waals surface area contributed by atoms with Crippen LogP contribution in [0.3, 0.4) is 0 Å². The molecule has 2 heterocycles. The Labute approximate surface area is 106 Å². The van der Waals surface area contributed by atoms with E-state index in [1.54, 1.807) is 17.4 Å². The first-order valence-corrected chi connectivity index (χ1v) is 6.99. The highest BCUT2D eigenvalue weighted by Gasteiger charge is 2.11. The first-order chi connectivity index (χ1) is 8.33. The molecule has 1 nitrogen and oxygen atoms in total. The molecule has 2 aromatic carbocycles. The molecule has 0 aliphatic carbocycles. The Kier molecular flexibility index (Phi) is 1.79. The molecule has 4 aromatic rings. The van der Waals surface area contributed by atoms with Crippen molar-refractivity contribution in [1.29, 1.82) is 0 Å². The van der Waals surface area contributed by atoms with Crippen LogP contribution in [-0.4, -0.2) is 5.11 Å². The van der Waals surface area contributed by atoms with Gasteiger partial charge in [-0.3, -0.25) is 0 Å². The first-order valence-electron chi connectivity index (χ1n) is 5.36. The summed E-state index contributed by atoms with van der Waals surface area (Å²) in [5.74, 6) is 0.340. The summed E-state index contributed by atoms with van der Waals surface area (Å²) >= 11 is 3.63. The summed E-state index contributed by atoms with van der Waals surface area (Å²) < 4.78 is 3.90. The fourth-order valence-corrected chi connectivity index (χ4v) is 4.83. The summed E-state index contributed by atoms with van der Waals surface area (Å²) in [6.07, 6.45) is 0. The Morgan fingerprint density at radius 2 is 1.59 bits per heavy atom. The molecular formula is C14H8OS2. The summed E-state index contributed by atoms with van der Waals surface area (Å²) in [5.41, 5.74) is 0. The lowest BCUT2D eigenvalue weighted by Crippen LogP contribution is -1.66. The molecule has 0 saturated carbocycles. The van der Waals surface area contributed by atoms with E-state index in [1.807, 2.05) is 23.5 Å². The second kappa shape index (κ2) is 3.22. The smallest absolute Gasteiger partial charge is 0.116 e. The quantitative estimate of drug-likeness (QED) is 0.470. The summed E-state index contributed by atoms with van der Waals surface area (Å²) in [6.45, 7) is 0. The first kappa shape index (κ1) is 9.45. The van der Waals surface area contributed by atoms with Crippen molar-refractivity contribution in [2.75, 3.05) is 0 Å². The molecule has 0 aliphatic rings. The van der Waals surface area contributed by atoms with E-state index in [4.69, 9.17) is 0 Å².